The number of nitrogens with two attached hydrogens (primary N) is 1. The van der Waals surface area contributed by atoms with E-state index in [9.17, 15) is 19.2 Å². The van der Waals surface area contributed by atoms with Gasteiger partial charge in [-0.25, -0.2) is 9.59 Å². The van der Waals surface area contributed by atoms with E-state index in [0.717, 1.165) is 11.5 Å². The molecule has 2 amide bonds. The van der Waals surface area contributed by atoms with E-state index in [1.165, 1.54) is 30.5 Å². The van der Waals surface area contributed by atoms with Gasteiger partial charge in [0.15, 0.2) is 5.13 Å². The summed E-state index contributed by atoms with van der Waals surface area (Å²) in [4.78, 5) is 57.4. The van der Waals surface area contributed by atoms with Crippen LogP contribution in [-0.4, -0.2) is 82.7 Å². The number of nitrogen functional groups attached to an aromatic ring is 1. The molecule has 2 fully saturated rings. The summed E-state index contributed by atoms with van der Waals surface area (Å²) in [7, 11) is 0. The van der Waals surface area contributed by atoms with Crippen molar-refractivity contribution in [2.45, 2.75) is 36.9 Å². The van der Waals surface area contributed by atoms with Crippen LogP contribution in [0.25, 0.3) is 0 Å². The molecule has 3 atom stereocenters. The highest BCUT2D eigenvalue weighted by Crippen LogP contribution is 2.39. The molecule has 5 N–H and O–H groups in total. The molecule has 3 heterocycles. The van der Waals surface area contributed by atoms with Crippen LogP contribution < -0.4 is 11.1 Å². The molecule has 156 valence electrons. The van der Waals surface area contributed by atoms with Crippen molar-refractivity contribution in [3.8, 4) is 0 Å². The minimum absolute atomic E-state index is 0.0412. The summed E-state index contributed by atoms with van der Waals surface area (Å²) < 4.78 is 3.86. The number of carboxylic acid groups (broad SMARTS) is 2. The fourth-order valence-electron chi connectivity index (χ4n) is 2.51. The Morgan fingerprint density at radius 2 is 2.07 bits per heavy atom. The van der Waals surface area contributed by atoms with Crippen molar-refractivity contribution in [1.82, 2.24) is 19.6 Å². The minimum Gasteiger partial charge on any atom is -0.480 e. The van der Waals surface area contributed by atoms with Crippen molar-refractivity contribution in [2.24, 2.45) is 5.16 Å². The Bertz CT molecular complexity index is 916. The fourth-order valence-corrected chi connectivity index (χ4v) is 4.42. The first-order valence-corrected chi connectivity index (χ1v) is 9.91. The Morgan fingerprint density at radius 3 is 2.62 bits per heavy atom. The monoisotopic (exact) mass is 444 g/mol. The first-order chi connectivity index (χ1) is 13.5. The number of thioether (sulfide) groups is 1. The third-order valence-electron chi connectivity index (χ3n) is 4.16. The molecule has 1 aromatic heterocycles. The molecular weight excluding hydrogens is 428 g/mol. The Hall–Kier alpha value is -2.94. The number of anilines is 1. The van der Waals surface area contributed by atoms with Gasteiger partial charge in [-0.2, -0.15) is 9.36 Å². The number of carboxylic acids is 2. The summed E-state index contributed by atoms with van der Waals surface area (Å²) in [5.74, 6) is -3.86. The van der Waals surface area contributed by atoms with Crippen LogP contribution in [0.4, 0.5) is 5.13 Å². The number of carbonyl (C=O) groups excluding carboxylic acids is 2. The summed E-state index contributed by atoms with van der Waals surface area (Å²) in [6.45, 7) is 2.46. The Labute approximate surface area is 171 Å². The third kappa shape index (κ3) is 3.82. The third-order valence-corrected chi connectivity index (χ3v) is 6.05. The second kappa shape index (κ2) is 7.47. The molecule has 1 aromatic rings. The maximum absolute atomic E-state index is 12.7. The second-order valence-corrected chi connectivity index (χ2v) is 8.51. The summed E-state index contributed by atoms with van der Waals surface area (Å²) in [5, 5.41) is 23.8. The molecule has 3 rings (SSSR count). The molecule has 2 aliphatic rings. The van der Waals surface area contributed by atoms with Gasteiger partial charge < -0.3 is 31.0 Å². The number of aliphatic carboxylic acids is 2. The van der Waals surface area contributed by atoms with Gasteiger partial charge in [0.2, 0.25) is 23.0 Å². The van der Waals surface area contributed by atoms with Crippen LogP contribution in [0.15, 0.2) is 5.16 Å². The zero-order valence-corrected chi connectivity index (χ0v) is 16.7. The maximum atomic E-state index is 12.7. The number of nitrogens with one attached hydrogen (secondary N) is 1. The average molecular weight is 444 g/mol. The highest BCUT2D eigenvalue weighted by atomic mass is 32.2. The van der Waals surface area contributed by atoms with Gasteiger partial charge in [-0.05, 0) is 13.8 Å². The van der Waals surface area contributed by atoms with E-state index in [4.69, 9.17) is 20.8 Å². The minimum atomic E-state index is -1.74. The first-order valence-electron chi connectivity index (χ1n) is 8.09. The van der Waals surface area contributed by atoms with Gasteiger partial charge in [-0.3, -0.25) is 9.59 Å². The standard InChI is InChI=1S/C14H16N6O7S2/c1-14(2,12(25)26)27-18-5(7-17-13(15)29-19-7)8(21)16-6-9(22)20-4(11(23)24)3-28-10(6)20/h4,6,10H,3H2,1-2H3,(H,16,21)(H,23,24)(H,25,26)(H2,15,17,19)/b18-5-/t4-,6?,10+/m0/s1. The number of carbonyl (C=O) groups is 4. The Morgan fingerprint density at radius 1 is 1.38 bits per heavy atom. The van der Waals surface area contributed by atoms with Crippen molar-refractivity contribution in [1.29, 1.82) is 0 Å². The van der Waals surface area contributed by atoms with Gasteiger partial charge in [0.05, 0.1) is 0 Å². The first kappa shape index (κ1) is 20.8. The van der Waals surface area contributed by atoms with Gasteiger partial charge in [-0.1, -0.05) is 5.16 Å². The van der Waals surface area contributed by atoms with E-state index >= 15 is 0 Å². The highest BCUT2D eigenvalue weighted by molar-refractivity contribution is 8.00. The summed E-state index contributed by atoms with van der Waals surface area (Å²) in [6, 6.07) is -1.91. The molecular formula is C14H16N6O7S2. The molecule has 2 aliphatic heterocycles. The highest BCUT2D eigenvalue weighted by Gasteiger charge is 2.57. The van der Waals surface area contributed by atoms with Gasteiger partial charge in [-0.15, -0.1) is 11.8 Å². The van der Waals surface area contributed by atoms with Crippen LogP contribution in [-0.2, 0) is 24.0 Å². The molecule has 0 spiro atoms. The lowest BCUT2D eigenvalue weighted by Gasteiger charge is -2.43. The number of hydrogen-bond acceptors (Lipinski definition) is 11. The van der Waals surface area contributed by atoms with Crippen LogP contribution in [0, 0.1) is 0 Å². The SMILES string of the molecule is CC(C)(O/N=C(\C(=O)NC1C(=O)N2[C@@H]1SC[C@H]2C(=O)O)c1nsc(N)n1)C(=O)O. The molecule has 0 aromatic carbocycles. The van der Waals surface area contributed by atoms with Gasteiger partial charge in [0, 0.05) is 17.3 Å². The zero-order valence-electron chi connectivity index (χ0n) is 15.1. The number of oxime groups is 1. The molecule has 0 aliphatic carbocycles. The number of aromatic nitrogens is 2. The summed E-state index contributed by atoms with van der Waals surface area (Å²) in [5.41, 5.74) is 3.32. The average Bonchev–Trinajstić information content (AvgIpc) is 3.24. The number of rotatable bonds is 7. The lowest BCUT2D eigenvalue weighted by Crippen LogP contribution is -2.70. The largest absolute Gasteiger partial charge is 0.480 e. The Kier molecular flexibility index (Phi) is 5.36. The fraction of sp³-hybridized carbons (Fsp3) is 0.500. The molecule has 2 saturated heterocycles. The number of fused-ring (bicyclic) bond motifs is 1. The van der Waals surface area contributed by atoms with E-state index in [0.29, 0.717) is 0 Å². The van der Waals surface area contributed by atoms with Gasteiger partial charge in [0.1, 0.15) is 17.5 Å². The van der Waals surface area contributed by atoms with E-state index in [-0.39, 0.29) is 16.7 Å². The van der Waals surface area contributed by atoms with Crippen LogP contribution in [0.2, 0.25) is 0 Å². The molecule has 13 nitrogen and oxygen atoms in total. The predicted molar refractivity (Wildman–Crippen MR) is 100 cm³/mol. The topological polar surface area (TPSA) is 197 Å². The van der Waals surface area contributed by atoms with Crippen LogP contribution in [0.5, 0.6) is 0 Å². The molecule has 0 radical (unpaired) electrons. The summed E-state index contributed by atoms with van der Waals surface area (Å²) in [6.07, 6.45) is 0. The smallest absolute Gasteiger partial charge is 0.350 e. The molecule has 15 heteroatoms. The van der Waals surface area contributed by atoms with Gasteiger partial charge >= 0.3 is 11.9 Å². The van der Waals surface area contributed by atoms with Crippen molar-refractivity contribution < 1.29 is 34.2 Å². The quantitative estimate of drug-likeness (QED) is 0.218. The van der Waals surface area contributed by atoms with Crippen molar-refractivity contribution in [3.63, 3.8) is 0 Å². The molecule has 0 saturated carbocycles. The molecule has 1 unspecified atom stereocenters. The van der Waals surface area contributed by atoms with Gasteiger partial charge in [0.25, 0.3) is 5.91 Å². The van der Waals surface area contributed by atoms with E-state index in [1.54, 1.807) is 0 Å². The van der Waals surface area contributed by atoms with E-state index < -0.39 is 52.5 Å². The van der Waals surface area contributed by atoms with Crippen LogP contribution in [0.1, 0.15) is 19.7 Å². The van der Waals surface area contributed by atoms with Crippen molar-refractivity contribution >= 4 is 57.9 Å². The van der Waals surface area contributed by atoms with E-state index in [2.05, 4.69) is 19.8 Å². The molecule has 0 bridgehead atoms. The molecule has 29 heavy (non-hydrogen) atoms. The van der Waals surface area contributed by atoms with Crippen molar-refractivity contribution in [3.05, 3.63) is 5.82 Å². The predicted octanol–water partition coefficient (Wildman–Crippen LogP) is -1.44. The number of amides is 2. The lowest BCUT2D eigenvalue weighted by molar-refractivity contribution is -0.161. The maximum Gasteiger partial charge on any atom is 0.350 e. The Balaban J connectivity index is 1.79. The lowest BCUT2D eigenvalue weighted by atomic mass is 10.0. The number of nitrogens with zero attached hydrogens (tertiary/aromatic N) is 4. The summed E-state index contributed by atoms with van der Waals surface area (Å²) >= 11 is 2.01. The second-order valence-electron chi connectivity index (χ2n) is 6.58. The zero-order chi connectivity index (χ0) is 21.5. The number of hydrogen-bond donors (Lipinski definition) is 4. The van der Waals surface area contributed by atoms with E-state index in [1.807, 2.05) is 0 Å². The number of β-lactam (4-membered cyclic amide) rings is 1. The van der Waals surface area contributed by atoms with Crippen LogP contribution in [0.3, 0.4) is 0 Å². The normalized spacial score (nSPS) is 23.9. The van der Waals surface area contributed by atoms with Crippen molar-refractivity contribution in [2.75, 3.05) is 11.5 Å². The van der Waals surface area contributed by atoms with Crippen LogP contribution >= 0.6 is 23.3 Å².